The molecule has 3 nitrogen and oxygen atoms in total. The van der Waals surface area contributed by atoms with Crippen molar-refractivity contribution in [1.82, 2.24) is 0 Å². The van der Waals surface area contributed by atoms with Gasteiger partial charge in [-0.2, -0.15) is 0 Å². The number of anilines is 1. The summed E-state index contributed by atoms with van der Waals surface area (Å²) in [4.78, 5) is 14.9. The lowest BCUT2D eigenvalue weighted by Crippen LogP contribution is -2.07. The van der Waals surface area contributed by atoms with Crippen LogP contribution >= 0.6 is 0 Å². The fraction of sp³-hybridized carbons (Fsp3) is 0.136. The highest BCUT2D eigenvalue weighted by Gasteiger charge is 2.13. The minimum atomic E-state index is -0.0645. The summed E-state index contributed by atoms with van der Waals surface area (Å²) in [5, 5.41) is 1.93. The summed E-state index contributed by atoms with van der Waals surface area (Å²) in [5.41, 5.74) is 2.71. The van der Waals surface area contributed by atoms with Crippen molar-refractivity contribution in [1.29, 1.82) is 0 Å². The van der Waals surface area contributed by atoms with Crippen molar-refractivity contribution in [2.75, 3.05) is 26.1 Å². The molecular formula is C22H21NO2. The molecule has 0 heterocycles. The number of rotatable bonds is 5. The lowest BCUT2D eigenvalue weighted by Gasteiger charge is -2.12. The Morgan fingerprint density at radius 1 is 0.960 bits per heavy atom. The largest absolute Gasteiger partial charge is 0.496 e. The first-order chi connectivity index (χ1) is 12.1. The second kappa shape index (κ2) is 7.22. The van der Waals surface area contributed by atoms with Crippen LogP contribution in [0.2, 0.25) is 0 Å². The Morgan fingerprint density at radius 2 is 1.68 bits per heavy atom. The molecule has 3 aromatic carbocycles. The van der Waals surface area contributed by atoms with E-state index in [0.29, 0.717) is 11.3 Å². The first-order valence-electron chi connectivity index (χ1n) is 8.15. The maximum Gasteiger partial charge on any atom is 0.190 e. The summed E-state index contributed by atoms with van der Waals surface area (Å²) >= 11 is 0. The van der Waals surface area contributed by atoms with E-state index >= 15 is 0 Å². The number of methoxy groups -OCH3 is 1. The standard InChI is InChI=1S/C22H21NO2/c1-23(2)18-12-8-16(9-13-18)10-14-20(24)22-19-7-5-4-6-17(19)11-15-21(22)25-3/h4-15H,1-3H3. The molecule has 0 atom stereocenters. The molecule has 0 fully saturated rings. The average Bonchev–Trinajstić information content (AvgIpc) is 2.65. The predicted molar refractivity (Wildman–Crippen MR) is 105 cm³/mol. The van der Waals surface area contributed by atoms with Gasteiger partial charge in [0, 0.05) is 19.8 Å². The number of nitrogens with zero attached hydrogens (tertiary/aromatic N) is 1. The van der Waals surface area contributed by atoms with Crippen LogP contribution in [-0.4, -0.2) is 27.0 Å². The molecule has 0 aliphatic heterocycles. The molecule has 0 N–H and O–H groups in total. The van der Waals surface area contributed by atoms with Crippen molar-refractivity contribution in [3.8, 4) is 5.75 Å². The molecule has 3 rings (SSSR count). The number of hydrogen-bond acceptors (Lipinski definition) is 3. The number of fused-ring (bicyclic) bond motifs is 1. The van der Waals surface area contributed by atoms with Crippen molar-refractivity contribution >= 4 is 28.3 Å². The monoisotopic (exact) mass is 331 g/mol. The second-order valence-electron chi connectivity index (χ2n) is 6.05. The number of ether oxygens (including phenoxy) is 1. The summed E-state index contributed by atoms with van der Waals surface area (Å²) in [7, 11) is 5.59. The quantitative estimate of drug-likeness (QED) is 0.496. The first kappa shape index (κ1) is 16.8. The van der Waals surface area contributed by atoms with Crippen molar-refractivity contribution in [3.63, 3.8) is 0 Å². The normalized spacial score (nSPS) is 11.0. The minimum absolute atomic E-state index is 0.0645. The maximum absolute atomic E-state index is 12.8. The topological polar surface area (TPSA) is 29.5 Å². The fourth-order valence-corrected chi connectivity index (χ4v) is 2.81. The van der Waals surface area contributed by atoms with E-state index in [-0.39, 0.29) is 5.78 Å². The Morgan fingerprint density at radius 3 is 2.36 bits per heavy atom. The third kappa shape index (κ3) is 3.56. The summed E-state index contributed by atoms with van der Waals surface area (Å²) in [6.07, 6.45) is 3.44. The van der Waals surface area contributed by atoms with Crippen LogP contribution < -0.4 is 9.64 Å². The van der Waals surface area contributed by atoms with Crippen molar-refractivity contribution in [3.05, 3.63) is 77.9 Å². The highest BCUT2D eigenvalue weighted by atomic mass is 16.5. The maximum atomic E-state index is 12.8. The van der Waals surface area contributed by atoms with E-state index in [2.05, 4.69) is 0 Å². The van der Waals surface area contributed by atoms with Gasteiger partial charge < -0.3 is 9.64 Å². The lowest BCUT2D eigenvalue weighted by molar-refractivity contribution is 0.104. The minimum Gasteiger partial charge on any atom is -0.496 e. The van der Waals surface area contributed by atoms with E-state index in [4.69, 9.17) is 4.74 Å². The Hall–Kier alpha value is -3.07. The Kier molecular flexibility index (Phi) is 4.85. The number of carbonyl (C=O) groups excluding carboxylic acids is 1. The van der Waals surface area contributed by atoms with Crippen LogP contribution in [0.1, 0.15) is 15.9 Å². The molecule has 0 saturated carbocycles. The summed E-state index contributed by atoms with van der Waals surface area (Å²) in [6.45, 7) is 0. The Balaban J connectivity index is 1.94. The van der Waals surface area contributed by atoms with Gasteiger partial charge in [0.1, 0.15) is 5.75 Å². The number of ketones is 1. The smallest absolute Gasteiger partial charge is 0.190 e. The van der Waals surface area contributed by atoms with E-state index in [0.717, 1.165) is 22.0 Å². The zero-order chi connectivity index (χ0) is 17.8. The molecule has 0 saturated heterocycles. The molecule has 126 valence electrons. The van der Waals surface area contributed by atoms with E-state index in [1.54, 1.807) is 13.2 Å². The van der Waals surface area contributed by atoms with E-state index in [1.807, 2.05) is 85.7 Å². The number of hydrogen-bond donors (Lipinski definition) is 0. The van der Waals surface area contributed by atoms with E-state index < -0.39 is 0 Å². The molecule has 0 bridgehead atoms. The molecular weight excluding hydrogens is 310 g/mol. The zero-order valence-electron chi connectivity index (χ0n) is 14.7. The highest BCUT2D eigenvalue weighted by molar-refractivity contribution is 6.16. The SMILES string of the molecule is COc1ccc2ccccc2c1C(=O)C=Cc1ccc(N(C)C)cc1. The third-order valence-electron chi connectivity index (χ3n) is 4.19. The molecule has 0 radical (unpaired) electrons. The van der Waals surface area contributed by atoms with Gasteiger partial charge in [0.05, 0.1) is 12.7 Å². The van der Waals surface area contributed by atoms with Crippen LogP contribution in [0, 0.1) is 0 Å². The Bertz CT molecular complexity index is 924. The molecule has 3 heteroatoms. The molecule has 0 amide bonds. The Labute approximate surface area is 148 Å². The predicted octanol–water partition coefficient (Wildman–Crippen LogP) is 4.81. The van der Waals surface area contributed by atoms with E-state index in [1.165, 1.54) is 0 Å². The average molecular weight is 331 g/mol. The van der Waals surface area contributed by atoms with Crippen LogP contribution in [0.3, 0.4) is 0 Å². The fourth-order valence-electron chi connectivity index (χ4n) is 2.81. The molecule has 0 spiro atoms. The van der Waals surface area contributed by atoms with Gasteiger partial charge >= 0.3 is 0 Å². The lowest BCUT2D eigenvalue weighted by atomic mass is 9.99. The van der Waals surface area contributed by atoms with Crippen molar-refractivity contribution in [2.45, 2.75) is 0 Å². The first-order valence-corrected chi connectivity index (χ1v) is 8.15. The summed E-state index contributed by atoms with van der Waals surface area (Å²) < 4.78 is 5.41. The van der Waals surface area contributed by atoms with Crippen LogP contribution in [-0.2, 0) is 0 Å². The van der Waals surface area contributed by atoms with Gasteiger partial charge in [0.15, 0.2) is 5.78 Å². The van der Waals surface area contributed by atoms with Crippen LogP contribution in [0.15, 0.2) is 66.7 Å². The molecule has 3 aromatic rings. The molecule has 0 unspecified atom stereocenters. The van der Waals surface area contributed by atoms with E-state index in [9.17, 15) is 4.79 Å². The molecule has 0 aromatic heterocycles. The molecule has 0 aliphatic carbocycles. The number of allylic oxidation sites excluding steroid dienone is 1. The van der Waals surface area contributed by atoms with Gasteiger partial charge in [-0.1, -0.05) is 48.5 Å². The van der Waals surface area contributed by atoms with Crippen molar-refractivity contribution in [2.24, 2.45) is 0 Å². The van der Waals surface area contributed by atoms with Crippen LogP contribution in [0.25, 0.3) is 16.8 Å². The molecule has 0 aliphatic rings. The number of benzene rings is 3. The molecule has 25 heavy (non-hydrogen) atoms. The van der Waals surface area contributed by atoms with Crippen molar-refractivity contribution < 1.29 is 9.53 Å². The highest BCUT2D eigenvalue weighted by Crippen LogP contribution is 2.28. The number of carbonyl (C=O) groups is 1. The van der Waals surface area contributed by atoms with Gasteiger partial charge in [-0.25, -0.2) is 0 Å². The van der Waals surface area contributed by atoms with Crippen LogP contribution in [0.5, 0.6) is 5.75 Å². The van der Waals surface area contributed by atoms with Crippen LogP contribution in [0.4, 0.5) is 5.69 Å². The summed E-state index contributed by atoms with van der Waals surface area (Å²) in [6, 6.07) is 19.7. The third-order valence-corrected chi connectivity index (χ3v) is 4.19. The second-order valence-corrected chi connectivity index (χ2v) is 6.05. The van der Waals surface area contributed by atoms with Gasteiger partial charge in [-0.3, -0.25) is 4.79 Å². The zero-order valence-corrected chi connectivity index (χ0v) is 14.7. The van der Waals surface area contributed by atoms with Gasteiger partial charge in [-0.05, 0) is 40.6 Å². The van der Waals surface area contributed by atoms with Gasteiger partial charge in [-0.15, -0.1) is 0 Å². The summed E-state index contributed by atoms with van der Waals surface area (Å²) in [5.74, 6) is 0.529. The van der Waals surface area contributed by atoms with Gasteiger partial charge in [0.25, 0.3) is 0 Å². The van der Waals surface area contributed by atoms with Gasteiger partial charge in [0.2, 0.25) is 0 Å².